The van der Waals surface area contributed by atoms with Crippen LogP contribution in [0.4, 0.5) is 0 Å². The Morgan fingerprint density at radius 1 is 1.37 bits per heavy atom. The second kappa shape index (κ2) is 7.09. The van der Waals surface area contributed by atoms with Crippen LogP contribution in [-0.2, 0) is 32.2 Å². The summed E-state index contributed by atoms with van der Waals surface area (Å²) in [6, 6.07) is 5.92. The van der Waals surface area contributed by atoms with Crippen LogP contribution in [-0.4, -0.2) is 62.6 Å². The van der Waals surface area contributed by atoms with Gasteiger partial charge in [0.15, 0.2) is 9.84 Å². The second-order valence-corrected chi connectivity index (χ2v) is 10.3. The van der Waals surface area contributed by atoms with Gasteiger partial charge in [-0.1, -0.05) is 12.1 Å². The minimum Gasteiger partial charge on any atom is -0.493 e. The molecule has 1 amide bonds. The fourth-order valence-corrected chi connectivity index (χ4v) is 6.95. The molecule has 7 heteroatoms. The Morgan fingerprint density at radius 3 is 2.96 bits per heavy atom. The number of carbonyl (C=O) groups is 1. The molecule has 0 N–H and O–H groups in total. The maximum absolute atomic E-state index is 12.7. The average Bonchev–Trinajstić information content (AvgIpc) is 2.88. The van der Waals surface area contributed by atoms with Gasteiger partial charge in [0, 0.05) is 25.6 Å². The normalized spacial score (nSPS) is 24.9. The van der Waals surface area contributed by atoms with E-state index in [9.17, 15) is 13.2 Å². The quantitative estimate of drug-likeness (QED) is 0.760. The number of hydrogen-bond acceptors (Lipinski definition) is 5. The molecule has 148 valence electrons. The zero-order chi connectivity index (χ0) is 19.1. The minimum atomic E-state index is -3.17. The number of amides is 1. The van der Waals surface area contributed by atoms with Crippen LogP contribution in [0.1, 0.15) is 30.9 Å². The second-order valence-electron chi connectivity index (χ2n) is 7.85. The monoisotopic (exact) mass is 393 g/mol. The van der Waals surface area contributed by atoms with E-state index in [1.165, 1.54) is 0 Å². The number of hydrogen-bond donors (Lipinski definition) is 0. The molecular weight excluding hydrogens is 366 g/mol. The van der Waals surface area contributed by atoms with E-state index in [2.05, 4.69) is 0 Å². The number of ether oxygens (including phenoxy) is 2. The van der Waals surface area contributed by atoms with E-state index in [1.807, 2.05) is 25.1 Å². The maximum atomic E-state index is 12.7. The number of benzene rings is 1. The van der Waals surface area contributed by atoms with Crippen LogP contribution in [0.15, 0.2) is 18.2 Å². The van der Waals surface area contributed by atoms with Crippen LogP contribution in [0.5, 0.6) is 5.75 Å². The molecule has 1 atom stereocenters. The third-order valence-corrected chi connectivity index (χ3v) is 8.82. The molecule has 0 saturated carbocycles. The summed E-state index contributed by atoms with van der Waals surface area (Å²) >= 11 is 0. The topological polar surface area (TPSA) is 72.9 Å². The Balaban J connectivity index is 1.42. The van der Waals surface area contributed by atoms with Crippen molar-refractivity contribution < 1.29 is 22.7 Å². The van der Waals surface area contributed by atoms with Gasteiger partial charge in [0.05, 0.1) is 25.4 Å². The molecule has 0 radical (unpaired) electrons. The van der Waals surface area contributed by atoms with Gasteiger partial charge in [-0.3, -0.25) is 4.79 Å². The van der Waals surface area contributed by atoms with E-state index in [0.29, 0.717) is 39.1 Å². The van der Waals surface area contributed by atoms with Crippen molar-refractivity contribution in [1.82, 2.24) is 4.90 Å². The fourth-order valence-electron chi connectivity index (χ4n) is 4.55. The largest absolute Gasteiger partial charge is 0.493 e. The first-order chi connectivity index (χ1) is 12.9. The molecule has 0 unspecified atom stereocenters. The smallest absolute Gasteiger partial charge is 0.227 e. The third-order valence-electron chi connectivity index (χ3n) is 6.22. The minimum absolute atomic E-state index is 0.00503. The van der Waals surface area contributed by atoms with Gasteiger partial charge < -0.3 is 14.4 Å². The van der Waals surface area contributed by atoms with Crippen molar-refractivity contribution in [3.8, 4) is 5.75 Å². The molecule has 2 fully saturated rings. The number of likely N-dealkylation sites (tertiary alicyclic amines) is 1. The van der Waals surface area contributed by atoms with Crippen LogP contribution < -0.4 is 4.74 Å². The molecule has 2 saturated heterocycles. The Bertz CT molecular complexity index is 829. The van der Waals surface area contributed by atoms with E-state index < -0.39 is 14.6 Å². The third kappa shape index (κ3) is 3.25. The molecule has 0 aromatic heterocycles. The summed E-state index contributed by atoms with van der Waals surface area (Å²) in [7, 11) is -3.17. The molecule has 1 spiro atoms. The van der Waals surface area contributed by atoms with Crippen molar-refractivity contribution in [2.24, 2.45) is 5.92 Å². The van der Waals surface area contributed by atoms with E-state index >= 15 is 0 Å². The zero-order valence-electron chi connectivity index (χ0n) is 15.8. The van der Waals surface area contributed by atoms with Crippen molar-refractivity contribution in [1.29, 1.82) is 0 Å². The van der Waals surface area contributed by atoms with Gasteiger partial charge in [0.25, 0.3) is 0 Å². The predicted molar refractivity (Wildman–Crippen MR) is 102 cm³/mol. The van der Waals surface area contributed by atoms with Crippen molar-refractivity contribution in [3.63, 3.8) is 0 Å². The Kier molecular flexibility index (Phi) is 4.93. The SMILES string of the molecule is CCOC[C@H]1CCS(=O)(=O)C12CN(C(=O)Cc1ccc3c(c1)CCCO3)C2. The van der Waals surface area contributed by atoms with Crippen LogP contribution in [0.3, 0.4) is 0 Å². The van der Waals surface area contributed by atoms with Crippen LogP contribution in [0.25, 0.3) is 0 Å². The van der Waals surface area contributed by atoms with Gasteiger partial charge in [-0.25, -0.2) is 8.42 Å². The number of sulfone groups is 1. The predicted octanol–water partition coefficient (Wildman–Crippen LogP) is 1.61. The Morgan fingerprint density at radius 2 is 2.19 bits per heavy atom. The first kappa shape index (κ1) is 18.7. The number of rotatable bonds is 5. The molecule has 1 aromatic carbocycles. The molecule has 3 aliphatic heterocycles. The lowest BCUT2D eigenvalue weighted by Crippen LogP contribution is -2.69. The van der Waals surface area contributed by atoms with Crippen molar-refractivity contribution in [3.05, 3.63) is 29.3 Å². The van der Waals surface area contributed by atoms with Crippen molar-refractivity contribution >= 4 is 15.7 Å². The van der Waals surface area contributed by atoms with Gasteiger partial charge in [-0.15, -0.1) is 0 Å². The Labute approximate surface area is 160 Å². The number of nitrogens with zero attached hydrogens (tertiary/aromatic N) is 1. The maximum Gasteiger partial charge on any atom is 0.227 e. The van der Waals surface area contributed by atoms with Crippen LogP contribution >= 0.6 is 0 Å². The summed E-state index contributed by atoms with van der Waals surface area (Å²) in [6.45, 7) is 4.31. The molecule has 0 aliphatic carbocycles. The van der Waals surface area contributed by atoms with Gasteiger partial charge in [0.1, 0.15) is 10.5 Å². The summed E-state index contributed by atoms with van der Waals surface area (Å²) in [4.78, 5) is 14.4. The summed E-state index contributed by atoms with van der Waals surface area (Å²) in [5.74, 6) is 1.11. The lowest BCUT2D eigenvalue weighted by molar-refractivity contribution is -0.137. The first-order valence-electron chi connectivity index (χ1n) is 9.77. The lowest BCUT2D eigenvalue weighted by Gasteiger charge is -2.50. The standard InChI is InChI=1S/C20H27NO5S/c1-2-25-12-17-7-9-27(23,24)20(17)13-21(14-20)19(22)11-15-5-6-18-16(10-15)4-3-8-26-18/h5-6,10,17H,2-4,7-9,11-14H2,1H3/t17-/m1/s1. The lowest BCUT2D eigenvalue weighted by atomic mass is 9.83. The fraction of sp³-hybridized carbons (Fsp3) is 0.650. The molecule has 0 bridgehead atoms. The summed E-state index contributed by atoms with van der Waals surface area (Å²) in [5.41, 5.74) is 2.12. The highest BCUT2D eigenvalue weighted by molar-refractivity contribution is 7.93. The van der Waals surface area contributed by atoms with E-state index in [0.717, 1.165) is 36.3 Å². The molecule has 6 nitrogen and oxygen atoms in total. The molecular formula is C20H27NO5S. The van der Waals surface area contributed by atoms with Crippen LogP contribution in [0, 0.1) is 5.92 Å². The number of aryl methyl sites for hydroxylation is 1. The van der Waals surface area contributed by atoms with E-state index in [4.69, 9.17) is 9.47 Å². The zero-order valence-corrected chi connectivity index (χ0v) is 16.6. The first-order valence-corrected chi connectivity index (χ1v) is 11.4. The highest BCUT2D eigenvalue weighted by atomic mass is 32.2. The van der Waals surface area contributed by atoms with Gasteiger partial charge in [-0.05, 0) is 43.4 Å². The number of fused-ring (bicyclic) bond motifs is 1. The highest BCUT2D eigenvalue weighted by Crippen LogP contribution is 2.45. The van der Waals surface area contributed by atoms with Gasteiger partial charge >= 0.3 is 0 Å². The van der Waals surface area contributed by atoms with Crippen LogP contribution in [0.2, 0.25) is 0 Å². The molecule has 3 aliphatic rings. The van der Waals surface area contributed by atoms with E-state index in [1.54, 1.807) is 4.90 Å². The van der Waals surface area contributed by atoms with Gasteiger partial charge in [0.2, 0.25) is 5.91 Å². The number of carbonyl (C=O) groups excluding carboxylic acids is 1. The summed E-state index contributed by atoms with van der Waals surface area (Å²) in [6.07, 6.45) is 2.91. The average molecular weight is 394 g/mol. The van der Waals surface area contributed by atoms with Crippen molar-refractivity contribution in [2.45, 2.75) is 37.4 Å². The van der Waals surface area contributed by atoms with E-state index in [-0.39, 0.29) is 17.6 Å². The molecule has 1 aromatic rings. The van der Waals surface area contributed by atoms with Gasteiger partial charge in [-0.2, -0.15) is 0 Å². The summed E-state index contributed by atoms with van der Waals surface area (Å²) < 4.78 is 35.6. The Hall–Kier alpha value is -1.60. The summed E-state index contributed by atoms with van der Waals surface area (Å²) in [5, 5.41) is 0. The molecule has 4 rings (SSSR count). The highest BCUT2D eigenvalue weighted by Gasteiger charge is 2.62. The van der Waals surface area contributed by atoms with Crippen molar-refractivity contribution in [2.75, 3.05) is 38.7 Å². The molecule has 3 heterocycles. The molecule has 27 heavy (non-hydrogen) atoms.